The van der Waals surface area contributed by atoms with Gasteiger partial charge in [-0.2, -0.15) is 0 Å². The molecule has 1 fully saturated rings. The number of hydrogen-bond acceptors (Lipinski definition) is 1. The van der Waals surface area contributed by atoms with Gasteiger partial charge in [-0.05, 0) is 0 Å². The summed E-state index contributed by atoms with van der Waals surface area (Å²) in [5.74, 6) is 0. The van der Waals surface area contributed by atoms with Crippen LogP contribution in [-0.4, -0.2) is 17.4 Å². The maximum absolute atomic E-state index is 5.60. The monoisotopic (exact) mass is 138 g/mol. The van der Waals surface area contributed by atoms with Gasteiger partial charge in [0.1, 0.15) is 0 Å². The molecule has 0 aromatic carbocycles. The second-order valence-corrected chi connectivity index (χ2v) is 2.55. The normalized spacial score (nSPS) is 42.0. The van der Waals surface area contributed by atoms with Crippen LogP contribution in [0.4, 0.5) is 0 Å². The van der Waals surface area contributed by atoms with E-state index in [2.05, 4.69) is 5.32 Å². The van der Waals surface area contributed by atoms with Crippen molar-refractivity contribution in [1.82, 2.24) is 5.32 Å². The van der Waals surface area contributed by atoms with Crippen molar-refractivity contribution in [3.8, 4) is 0 Å². The molecular weight excluding hydrogens is 133 g/mol. The molecule has 41 valence electrons. The van der Waals surface area contributed by atoms with E-state index in [0.717, 1.165) is 6.54 Å². The molecule has 1 rings (SSSR count). The molecule has 2 unspecified atom stereocenters. The molecule has 1 aliphatic rings. The quantitative estimate of drug-likeness (QED) is 0.389. The molecular formula is C4H6Cl2N. The number of halogens is 2. The van der Waals surface area contributed by atoms with Crippen LogP contribution in [0.15, 0.2) is 0 Å². The predicted molar refractivity (Wildman–Crippen MR) is 31.6 cm³/mol. The summed E-state index contributed by atoms with van der Waals surface area (Å²) >= 11 is 11.2. The van der Waals surface area contributed by atoms with Crippen LogP contribution in [0.5, 0.6) is 0 Å². The standard InChI is InChI=1S/C4H6Cl2N/c5-3-1-4(6)7-2-3/h1,3-4,7H,2H2. The Morgan fingerprint density at radius 1 is 1.57 bits per heavy atom. The van der Waals surface area contributed by atoms with Gasteiger partial charge in [0, 0.05) is 13.0 Å². The van der Waals surface area contributed by atoms with E-state index in [0.29, 0.717) is 0 Å². The zero-order chi connectivity index (χ0) is 5.28. The first-order valence-electron chi connectivity index (χ1n) is 2.15. The van der Waals surface area contributed by atoms with E-state index >= 15 is 0 Å². The van der Waals surface area contributed by atoms with Gasteiger partial charge < -0.3 is 0 Å². The summed E-state index contributed by atoms with van der Waals surface area (Å²) in [6.07, 6.45) is 1.86. The third kappa shape index (κ3) is 1.48. The minimum absolute atomic E-state index is 0.0116. The van der Waals surface area contributed by atoms with Crippen LogP contribution in [0.2, 0.25) is 0 Å². The zero-order valence-corrected chi connectivity index (χ0v) is 5.21. The highest BCUT2D eigenvalue weighted by molar-refractivity contribution is 6.26. The van der Waals surface area contributed by atoms with Gasteiger partial charge in [0.15, 0.2) is 0 Å². The summed E-state index contributed by atoms with van der Waals surface area (Å²) in [5, 5.41) is 3.07. The molecule has 2 atom stereocenters. The number of alkyl halides is 2. The van der Waals surface area contributed by atoms with Crippen LogP contribution in [0.1, 0.15) is 0 Å². The summed E-state index contributed by atoms with van der Waals surface area (Å²) in [7, 11) is 0. The lowest BCUT2D eigenvalue weighted by atomic mass is 10.4. The third-order valence-corrected chi connectivity index (χ3v) is 1.49. The van der Waals surface area contributed by atoms with E-state index in [-0.39, 0.29) is 10.9 Å². The van der Waals surface area contributed by atoms with Crippen LogP contribution in [0.3, 0.4) is 0 Å². The molecule has 1 N–H and O–H groups in total. The highest BCUT2D eigenvalue weighted by atomic mass is 35.5. The molecule has 0 aromatic rings. The Labute approximate surface area is 53.0 Å². The second kappa shape index (κ2) is 2.21. The smallest absolute Gasteiger partial charge is 0.0873 e. The van der Waals surface area contributed by atoms with Crippen molar-refractivity contribution in [2.45, 2.75) is 10.9 Å². The summed E-state index contributed by atoms with van der Waals surface area (Å²) in [5.41, 5.74) is -0.0116. The molecule has 0 spiro atoms. The first-order valence-corrected chi connectivity index (χ1v) is 3.03. The van der Waals surface area contributed by atoms with Crippen LogP contribution in [-0.2, 0) is 0 Å². The van der Waals surface area contributed by atoms with Crippen molar-refractivity contribution in [2.75, 3.05) is 6.54 Å². The highest BCUT2D eigenvalue weighted by Gasteiger charge is 2.19. The van der Waals surface area contributed by atoms with E-state index in [1.54, 1.807) is 0 Å². The summed E-state index contributed by atoms with van der Waals surface area (Å²) < 4.78 is 0. The topological polar surface area (TPSA) is 12.0 Å². The lowest BCUT2D eigenvalue weighted by molar-refractivity contribution is 0.823. The van der Waals surface area contributed by atoms with Crippen molar-refractivity contribution in [2.24, 2.45) is 0 Å². The van der Waals surface area contributed by atoms with Crippen molar-refractivity contribution >= 4 is 23.2 Å². The fourth-order valence-corrected chi connectivity index (χ4v) is 1.12. The van der Waals surface area contributed by atoms with E-state index in [1.165, 1.54) is 0 Å². The number of rotatable bonds is 0. The van der Waals surface area contributed by atoms with Crippen molar-refractivity contribution < 1.29 is 0 Å². The minimum atomic E-state index is -0.0116. The summed E-state index contributed by atoms with van der Waals surface area (Å²) in [4.78, 5) is 0. The summed E-state index contributed by atoms with van der Waals surface area (Å²) in [6.45, 7) is 0.801. The maximum Gasteiger partial charge on any atom is 0.0873 e. The third-order valence-electron chi connectivity index (χ3n) is 0.886. The molecule has 0 aromatic heterocycles. The van der Waals surface area contributed by atoms with E-state index < -0.39 is 0 Å². The lowest BCUT2D eigenvalue weighted by Crippen LogP contribution is -2.14. The largest absolute Gasteiger partial charge is 0.300 e. The van der Waals surface area contributed by atoms with Gasteiger partial charge in [0.2, 0.25) is 0 Å². The molecule has 1 radical (unpaired) electrons. The Bertz CT molecular complexity index is 58.7. The SMILES string of the molecule is ClC1[CH]C(Cl)NC1. The van der Waals surface area contributed by atoms with Gasteiger partial charge in [-0.3, -0.25) is 5.32 Å². The van der Waals surface area contributed by atoms with Crippen molar-refractivity contribution in [3.63, 3.8) is 0 Å². The fourth-order valence-electron chi connectivity index (χ4n) is 0.545. The van der Waals surface area contributed by atoms with Crippen LogP contribution >= 0.6 is 23.2 Å². The molecule has 0 bridgehead atoms. The summed E-state index contributed by atoms with van der Waals surface area (Å²) in [6, 6.07) is 0. The molecule has 3 heteroatoms. The van der Waals surface area contributed by atoms with E-state index in [1.807, 2.05) is 6.42 Å². The Hall–Kier alpha value is 0.540. The Morgan fingerprint density at radius 3 is 2.43 bits per heavy atom. The molecule has 1 heterocycles. The Morgan fingerprint density at radius 2 is 2.29 bits per heavy atom. The molecule has 1 aliphatic heterocycles. The molecule has 1 nitrogen and oxygen atoms in total. The zero-order valence-electron chi connectivity index (χ0n) is 3.70. The van der Waals surface area contributed by atoms with Crippen LogP contribution in [0.25, 0.3) is 0 Å². The molecule has 1 saturated heterocycles. The van der Waals surface area contributed by atoms with Gasteiger partial charge in [0.25, 0.3) is 0 Å². The van der Waals surface area contributed by atoms with Gasteiger partial charge in [0.05, 0.1) is 10.9 Å². The minimum Gasteiger partial charge on any atom is -0.300 e. The first-order chi connectivity index (χ1) is 3.29. The van der Waals surface area contributed by atoms with Gasteiger partial charge >= 0.3 is 0 Å². The van der Waals surface area contributed by atoms with Crippen LogP contribution in [0, 0.1) is 6.42 Å². The Balaban J connectivity index is 2.26. The molecule has 0 amide bonds. The van der Waals surface area contributed by atoms with E-state index in [4.69, 9.17) is 23.2 Å². The average Bonchev–Trinajstić information content (AvgIpc) is 1.87. The molecule has 0 aliphatic carbocycles. The number of hydrogen-bond donors (Lipinski definition) is 1. The van der Waals surface area contributed by atoms with Crippen molar-refractivity contribution in [3.05, 3.63) is 6.42 Å². The highest BCUT2D eigenvalue weighted by Crippen LogP contribution is 2.12. The first kappa shape index (κ1) is 5.67. The maximum atomic E-state index is 5.60. The molecule has 0 saturated carbocycles. The van der Waals surface area contributed by atoms with Crippen molar-refractivity contribution in [1.29, 1.82) is 0 Å². The number of nitrogens with one attached hydrogen (secondary N) is 1. The molecule has 7 heavy (non-hydrogen) atoms. The van der Waals surface area contributed by atoms with Gasteiger partial charge in [-0.15, -0.1) is 23.2 Å². The van der Waals surface area contributed by atoms with Gasteiger partial charge in [-0.1, -0.05) is 0 Å². The van der Waals surface area contributed by atoms with Gasteiger partial charge in [-0.25, -0.2) is 0 Å². The Kier molecular flexibility index (Phi) is 1.79. The van der Waals surface area contributed by atoms with Crippen LogP contribution < -0.4 is 5.32 Å². The fraction of sp³-hybridized carbons (Fsp3) is 0.750. The second-order valence-electron chi connectivity index (χ2n) is 1.52. The predicted octanol–water partition coefficient (Wildman–Crippen LogP) is 0.966. The average molecular weight is 139 g/mol. The lowest BCUT2D eigenvalue weighted by Gasteiger charge is -1.91. The van der Waals surface area contributed by atoms with E-state index in [9.17, 15) is 0 Å².